The van der Waals surface area contributed by atoms with Gasteiger partial charge in [-0.1, -0.05) is 123 Å². The number of hydrogen-bond acceptors (Lipinski definition) is 1. The van der Waals surface area contributed by atoms with E-state index >= 15 is 0 Å². The molecule has 0 saturated carbocycles. The fourth-order valence-electron chi connectivity index (χ4n) is 7.14. The lowest BCUT2D eigenvalue weighted by Crippen LogP contribution is -2.41. The minimum absolute atomic E-state index is 0.408. The molecular formula is C39H51BN. The molecule has 5 aliphatic rings. The summed E-state index contributed by atoms with van der Waals surface area (Å²) in [5.74, 6) is 1.10. The molecule has 0 bridgehead atoms. The second-order valence-corrected chi connectivity index (χ2v) is 12.7. The quantitative estimate of drug-likeness (QED) is 0.155. The number of nitrogens with one attached hydrogen (secondary N) is 1. The predicted molar refractivity (Wildman–Crippen MR) is 180 cm³/mol. The van der Waals surface area contributed by atoms with Gasteiger partial charge in [0.15, 0.2) is 7.28 Å². The SMILES string of the molecule is CC/C=C\C=C/C(C)[C@H]1C=C(/C(C)=C/CCCC)C[C@@H](N[C@H]2C=CC(C3=CCCC4=C3[B]C3=C4C=CCC3)=CC2)C1. The Bertz CT molecular complexity index is 1270. The molecule has 4 atom stereocenters. The fraction of sp³-hybridized carbons (Fsp3) is 0.487. The van der Waals surface area contributed by atoms with Crippen molar-refractivity contribution in [3.8, 4) is 0 Å². The van der Waals surface area contributed by atoms with Crippen LogP contribution in [0.5, 0.6) is 0 Å². The summed E-state index contributed by atoms with van der Waals surface area (Å²) in [6.07, 6.45) is 41.7. The monoisotopic (exact) mass is 544 g/mol. The molecule has 1 N–H and O–H groups in total. The third-order valence-electron chi connectivity index (χ3n) is 9.60. The van der Waals surface area contributed by atoms with E-state index in [9.17, 15) is 0 Å². The lowest BCUT2D eigenvalue weighted by Gasteiger charge is -2.34. The molecular weight excluding hydrogens is 493 g/mol. The van der Waals surface area contributed by atoms with E-state index in [0.29, 0.717) is 23.9 Å². The van der Waals surface area contributed by atoms with Crippen LogP contribution in [0.15, 0.2) is 117 Å². The zero-order chi connectivity index (χ0) is 28.6. The molecule has 0 aromatic carbocycles. The Balaban J connectivity index is 1.24. The highest BCUT2D eigenvalue weighted by molar-refractivity contribution is 6.58. The van der Waals surface area contributed by atoms with E-state index < -0.39 is 0 Å². The second kappa shape index (κ2) is 14.5. The lowest BCUT2D eigenvalue weighted by atomic mass is 9.59. The highest BCUT2D eigenvalue weighted by atomic mass is 14.9. The zero-order valence-corrected chi connectivity index (χ0v) is 26.1. The zero-order valence-electron chi connectivity index (χ0n) is 26.1. The summed E-state index contributed by atoms with van der Waals surface area (Å²) in [5, 5.41) is 4.09. The van der Waals surface area contributed by atoms with E-state index in [1.54, 1.807) is 16.6 Å². The first-order chi connectivity index (χ1) is 20.1. The third-order valence-corrected chi connectivity index (χ3v) is 9.60. The van der Waals surface area contributed by atoms with Crippen LogP contribution in [0.2, 0.25) is 0 Å². The van der Waals surface area contributed by atoms with E-state index in [1.807, 2.05) is 0 Å². The standard InChI is InChI=1S/C39H51BN/c1-5-7-9-11-16-29(4)32-25-31(28(3)15-10-8-6-2)26-34(27-32)41-33-23-21-30(22-24-33)35-18-14-19-37-36-17-12-13-20-38(36)40-39(35)37/h7,9,11-12,15-18,21-23,25,29,32-34,41H,5-6,8,10,13-14,19-20,24,26-27H2,1-4H3/b9-7-,16-11-,28-15+/t29?,32-,33-,34+/m0/s1. The molecule has 0 saturated heterocycles. The maximum atomic E-state index is 4.09. The van der Waals surface area contributed by atoms with Crippen molar-refractivity contribution in [3.05, 3.63) is 117 Å². The molecule has 1 unspecified atom stereocenters. The number of allylic oxidation sites excluding steroid dienone is 17. The molecule has 215 valence electrons. The molecule has 4 aliphatic carbocycles. The first-order valence-electron chi connectivity index (χ1n) is 16.6. The van der Waals surface area contributed by atoms with Crippen LogP contribution in [0.25, 0.3) is 0 Å². The van der Waals surface area contributed by atoms with Crippen LogP contribution in [0, 0.1) is 11.8 Å². The van der Waals surface area contributed by atoms with Crippen molar-refractivity contribution in [2.45, 2.75) is 110 Å². The molecule has 1 radical (unpaired) electrons. The number of fused-ring (bicyclic) bond motifs is 1. The molecule has 0 fully saturated rings. The van der Waals surface area contributed by atoms with Crippen molar-refractivity contribution in [2.75, 3.05) is 0 Å². The maximum absolute atomic E-state index is 4.09. The van der Waals surface area contributed by atoms with Crippen molar-refractivity contribution in [1.29, 1.82) is 0 Å². The van der Waals surface area contributed by atoms with Gasteiger partial charge in [0.2, 0.25) is 0 Å². The van der Waals surface area contributed by atoms with Crippen LogP contribution < -0.4 is 5.32 Å². The third kappa shape index (κ3) is 7.45. The molecule has 1 aliphatic heterocycles. The first-order valence-corrected chi connectivity index (χ1v) is 16.6. The van der Waals surface area contributed by atoms with Gasteiger partial charge in [0, 0.05) is 12.1 Å². The molecule has 2 heteroatoms. The molecule has 0 amide bonds. The Morgan fingerprint density at radius 3 is 2.83 bits per heavy atom. The van der Waals surface area contributed by atoms with Crippen molar-refractivity contribution in [2.24, 2.45) is 11.8 Å². The van der Waals surface area contributed by atoms with E-state index in [1.165, 1.54) is 72.7 Å². The van der Waals surface area contributed by atoms with Crippen molar-refractivity contribution in [3.63, 3.8) is 0 Å². The minimum Gasteiger partial charge on any atom is -0.307 e. The molecule has 0 aromatic heterocycles. The van der Waals surface area contributed by atoms with Crippen molar-refractivity contribution in [1.82, 2.24) is 5.32 Å². The Hall–Kier alpha value is -2.58. The second-order valence-electron chi connectivity index (χ2n) is 12.7. The van der Waals surface area contributed by atoms with Gasteiger partial charge in [-0.3, -0.25) is 0 Å². The average Bonchev–Trinajstić information content (AvgIpc) is 3.38. The van der Waals surface area contributed by atoms with E-state index in [4.69, 9.17) is 0 Å². The first kappa shape index (κ1) is 29.9. The summed E-state index contributed by atoms with van der Waals surface area (Å²) >= 11 is 0. The summed E-state index contributed by atoms with van der Waals surface area (Å²) in [6.45, 7) is 9.21. The minimum atomic E-state index is 0.408. The van der Waals surface area contributed by atoms with Crippen LogP contribution in [0.3, 0.4) is 0 Å². The molecule has 41 heavy (non-hydrogen) atoms. The van der Waals surface area contributed by atoms with Gasteiger partial charge < -0.3 is 5.32 Å². The fourth-order valence-corrected chi connectivity index (χ4v) is 7.14. The highest BCUT2D eigenvalue weighted by Gasteiger charge is 2.31. The van der Waals surface area contributed by atoms with Gasteiger partial charge >= 0.3 is 0 Å². The van der Waals surface area contributed by atoms with Crippen molar-refractivity contribution >= 4 is 7.28 Å². The number of hydrogen-bond donors (Lipinski definition) is 1. The summed E-state index contributed by atoms with van der Waals surface area (Å²) < 4.78 is 0. The average molecular weight is 545 g/mol. The number of unbranched alkanes of at least 4 members (excludes halogenated alkanes) is 2. The van der Waals surface area contributed by atoms with Gasteiger partial charge in [-0.15, -0.1) is 0 Å². The molecule has 0 spiro atoms. The molecule has 0 aromatic rings. The van der Waals surface area contributed by atoms with Crippen LogP contribution in [0.1, 0.15) is 98.3 Å². The van der Waals surface area contributed by atoms with Gasteiger partial charge in [-0.25, -0.2) is 0 Å². The summed E-state index contributed by atoms with van der Waals surface area (Å²) in [6, 6.07) is 0.918. The molecule has 1 heterocycles. The maximum Gasteiger partial charge on any atom is 0.187 e. The van der Waals surface area contributed by atoms with Crippen LogP contribution in [-0.4, -0.2) is 19.4 Å². The summed E-state index contributed by atoms with van der Waals surface area (Å²) in [7, 11) is 2.50. The van der Waals surface area contributed by atoms with Crippen LogP contribution >= 0.6 is 0 Å². The topological polar surface area (TPSA) is 12.0 Å². The van der Waals surface area contributed by atoms with E-state index in [2.05, 4.69) is 113 Å². The highest BCUT2D eigenvalue weighted by Crippen LogP contribution is 2.43. The Morgan fingerprint density at radius 1 is 1.12 bits per heavy atom. The Kier molecular flexibility index (Phi) is 10.6. The lowest BCUT2D eigenvalue weighted by molar-refractivity contribution is 0.343. The van der Waals surface area contributed by atoms with Crippen LogP contribution in [-0.2, 0) is 0 Å². The van der Waals surface area contributed by atoms with Gasteiger partial charge in [-0.2, -0.15) is 0 Å². The largest absolute Gasteiger partial charge is 0.307 e. The molecule has 5 rings (SSSR count). The Morgan fingerprint density at radius 2 is 2.02 bits per heavy atom. The Labute approximate surface area is 251 Å². The predicted octanol–water partition coefficient (Wildman–Crippen LogP) is 10.1. The summed E-state index contributed by atoms with van der Waals surface area (Å²) in [5.41, 5.74) is 12.1. The van der Waals surface area contributed by atoms with Gasteiger partial charge in [0.05, 0.1) is 0 Å². The van der Waals surface area contributed by atoms with Gasteiger partial charge in [-0.05, 0) is 104 Å². The normalized spacial score (nSPS) is 27.2. The summed E-state index contributed by atoms with van der Waals surface area (Å²) in [4.78, 5) is 0. The van der Waals surface area contributed by atoms with Gasteiger partial charge in [0.25, 0.3) is 0 Å². The molecule has 1 nitrogen and oxygen atoms in total. The number of rotatable bonds is 11. The van der Waals surface area contributed by atoms with Gasteiger partial charge in [0.1, 0.15) is 0 Å². The smallest absolute Gasteiger partial charge is 0.187 e. The van der Waals surface area contributed by atoms with E-state index in [-0.39, 0.29) is 0 Å². The van der Waals surface area contributed by atoms with Crippen LogP contribution in [0.4, 0.5) is 0 Å². The van der Waals surface area contributed by atoms with E-state index in [0.717, 1.165) is 25.7 Å². The van der Waals surface area contributed by atoms with Crippen molar-refractivity contribution < 1.29 is 0 Å².